The van der Waals surface area contributed by atoms with Crippen molar-refractivity contribution < 1.29 is 19.2 Å². The van der Waals surface area contributed by atoms with E-state index in [-0.39, 0.29) is 23.1 Å². The molecule has 0 spiro atoms. The molecule has 4 heteroatoms. The Hall–Kier alpha value is -4.70. The van der Waals surface area contributed by atoms with Gasteiger partial charge in [0.2, 0.25) is 0 Å². The maximum absolute atomic E-state index is 13.0. The Kier molecular flexibility index (Phi) is 4.36. The van der Waals surface area contributed by atoms with Gasteiger partial charge in [0.25, 0.3) is 0 Å². The third-order valence-electron chi connectivity index (χ3n) is 6.37. The zero-order valence-electron chi connectivity index (χ0n) is 17.9. The third-order valence-corrected chi connectivity index (χ3v) is 6.37. The van der Waals surface area contributed by atoms with Gasteiger partial charge in [0.1, 0.15) is 0 Å². The van der Waals surface area contributed by atoms with Crippen molar-refractivity contribution in [3.8, 4) is 0 Å². The maximum Gasteiger partial charge on any atom is 0.194 e. The van der Waals surface area contributed by atoms with E-state index < -0.39 is 0 Å². The summed E-state index contributed by atoms with van der Waals surface area (Å²) in [4.78, 5) is 51.5. The molecule has 160 valence electrons. The Balaban J connectivity index is 1.34. The molecule has 6 rings (SSSR count). The number of fused-ring (bicyclic) bond motifs is 4. The molecule has 0 aliphatic heterocycles. The summed E-state index contributed by atoms with van der Waals surface area (Å²) in [6, 6.07) is 24.1. The highest BCUT2D eigenvalue weighted by Gasteiger charge is 2.30. The molecular formula is C30H16O4. The zero-order valence-corrected chi connectivity index (χ0v) is 17.9. The number of benzene rings is 4. The van der Waals surface area contributed by atoms with Crippen molar-refractivity contribution in [1.82, 2.24) is 0 Å². The van der Waals surface area contributed by atoms with E-state index in [1.54, 1.807) is 84.9 Å². The molecule has 4 aromatic carbocycles. The van der Waals surface area contributed by atoms with Gasteiger partial charge in [-0.3, -0.25) is 19.2 Å². The van der Waals surface area contributed by atoms with Gasteiger partial charge in [0.05, 0.1) is 0 Å². The fraction of sp³-hybridized carbons (Fsp3) is 0. The van der Waals surface area contributed by atoms with Gasteiger partial charge in [-0.1, -0.05) is 72.8 Å². The molecule has 0 fully saturated rings. The second-order valence-electron chi connectivity index (χ2n) is 8.35. The average molecular weight is 440 g/mol. The maximum atomic E-state index is 13.0. The molecule has 0 N–H and O–H groups in total. The van der Waals surface area contributed by atoms with Crippen LogP contribution in [0.3, 0.4) is 0 Å². The van der Waals surface area contributed by atoms with Gasteiger partial charge in [-0.25, -0.2) is 0 Å². The largest absolute Gasteiger partial charge is 0.289 e. The second kappa shape index (κ2) is 7.42. The van der Waals surface area contributed by atoms with Gasteiger partial charge >= 0.3 is 0 Å². The van der Waals surface area contributed by atoms with E-state index >= 15 is 0 Å². The van der Waals surface area contributed by atoms with Gasteiger partial charge in [0, 0.05) is 44.5 Å². The summed E-state index contributed by atoms with van der Waals surface area (Å²) in [5.74, 6) is -0.647. The number of carbonyl (C=O) groups excluding carboxylic acids is 4. The minimum atomic E-state index is -0.169. The molecule has 0 amide bonds. The Morgan fingerprint density at radius 3 is 1.00 bits per heavy atom. The van der Waals surface area contributed by atoms with Gasteiger partial charge in [-0.15, -0.1) is 0 Å². The van der Waals surface area contributed by atoms with Crippen molar-refractivity contribution in [2.24, 2.45) is 0 Å². The van der Waals surface area contributed by atoms with Crippen LogP contribution in [0.1, 0.15) is 74.8 Å². The van der Waals surface area contributed by atoms with E-state index in [4.69, 9.17) is 0 Å². The van der Waals surface area contributed by atoms with Crippen LogP contribution in [0.5, 0.6) is 0 Å². The number of carbonyl (C=O) groups is 4. The minimum Gasteiger partial charge on any atom is -0.289 e. The van der Waals surface area contributed by atoms with Gasteiger partial charge < -0.3 is 0 Å². The molecule has 0 atom stereocenters. The van der Waals surface area contributed by atoms with E-state index in [9.17, 15) is 19.2 Å². The van der Waals surface area contributed by atoms with Crippen LogP contribution in [0.2, 0.25) is 0 Å². The lowest BCUT2D eigenvalue weighted by Crippen LogP contribution is -2.20. The van der Waals surface area contributed by atoms with Crippen molar-refractivity contribution in [3.05, 3.63) is 141 Å². The van der Waals surface area contributed by atoms with Gasteiger partial charge in [0.15, 0.2) is 23.1 Å². The number of rotatable bonds is 2. The molecule has 0 unspecified atom stereocenters. The highest BCUT2D eigenvalue weighted by atomic mass is 16.1. The molecule has 0 radical (unpaired) electrons. The van der Waals surface area contributed by atoms with Crippen LogP contribution >= 0.6 is 0 Å². The van der Waals surface area contributed by atoms with E-state index in [0.717, 1.165) is 11.1 Å². The molecule has 0 bridgehead atoms. The topological polar surface area (TPSA) is 68.3 Å². The summed E-state index contributed by atoms with van der Waals surface area (Å²) in [5.41, 5.74) is 4.77. The van der Waals surface area contributed by atoms with E-state index in [0.29, 0.717) is 44.5 Å². The summed E-state index contributed by atoms with van der Waals surface area (Å²) in [5, 5.41) is 0. The van der Waals surface area contributed by atoms with Crippen molar-refractivity contribution in [2.45, 2.75) is 0 Å². The normalized spacial score (nSPS) is 14.0. The first-order chi connectivity index (χ1) is 16.5. The molecule has 0 aromatic heterocycles. The smallest absolute Gasteiger partial charge is 0.194 e. The van der Waals surface area contributed by atoms with Crippen LogP contribution in [0.25, 0.3) is 12.2 Å². The predicted octanol–water partition coefficient (Wildman–Crippen LogP) is 5.41. The molecule has 2 aliphatic rings. The first kappa shape index (κ1) is 19.9. The summed E-state index contributed by atoms with van der Waals surface area (Å²) in [6.07, 6.45) is 3.65. The van der Waals surface area contributed by atoms with Crippen molar-refractivity contribution in [2.75, 3.05) is 0 Å². The second-order valence-corrected chi connectivity index (χ2v) is 8.35. The average Bonchev–Trinajstić information content (AvgIpc) is 2.89. The monoisotopic (exact) mass is 440 g/mol. The molecule has 0 saturated carbocycles. The fourth-order valence-corrected chi connectivity index (χ4v) is 4.63. The minimum absolute atomic E-state index is 0.154. The molecular weight excluding hydrogens is 424 g/mol. The summed E-state index contributed by atoms with van der Waals surface area (Å²) in [6.45, 7) is 0. The first-order valence-electron chi connectivity index (χ1n) is 10.9. The Labute approximate surface area is 195 Å². The van der Waals surface area contributed by atoms with E-state index in [1.807, 2.05) is 12.2 Å². The lowest BCUT2D eigenvalue weighted by atomic mass is 9.83. The van der Waals surface area contributed by atoms with Crippen molar-refractivity contribution >= 4 is 35.3 Å². The molecule has 0 saturated heterocycles. The van der Waals surface area contributed by atoms with Gasteiger partial charge in [-0.05, 0) is 35.4 Å². The lowest BCUT2D eigenvalue weighted by molar-refractivity contribution is 0.0979. The van der Waals surface area contributed by atoms with Crippen molar-refractivity contribution in [1.29, 1.82) is 0 Å². The van der Waals surface area contributed by atoms with E-state index in [1.165, 1.54) is 0 Å². The Morgan fingerprint density at radius 1 is 0.353 bits per heavy atom. The van der Waals surface area contributed by atoms with E-state index in [2.05, 4.69) is 0 Å². The molecule has 2 aliphatic carbocycles. The first-order valence-corrected chi connectivity index (χ1v) is 10.9. The summed E-state index contributed by atoms with van der Waals surface area (Å²) < 4.78 is 0. The standard InChI is InChI=1S/C30H16O4/c31-27-19-5-1-3-7-21(19)29(33)25-15-17(11-13-23(25)27)9-10-18-12-14-24-26(16-18)30(34)22-8-4-2-6-20(22)28(24)32/h1-16H. The highest BCUT2D eigenvalue weighted by Crippen LogP contribution is 2.30. The Morgan fingerprint density at radius 2 is 0.647 bits per heavy atom. The van der Waals surface area contributed by atoms with Crippen LogP contribution in [0.15, 0.2) is 84.9 Å². The number of ketones is 4. The molecule has 34 heavy (non-hydrogen) atoms. The summed E-state index contributed by atoms with van der Waals surface area (Å²) >= 11 is 0. The quantitative estimate of drug-likeness (QED) is 0.338. The van der Waals surface area contributed by atoms with Crippen molar-refractivity contribution in [3.63, 3.8) is 0 Å². The molecule has 4 aromatic rings. The lowest BCUT2D eigenvalue weighted by Gasteiger charge is -2.18. The van der Waals surface area contributed by atoms with Crippen LogP contribution in [-0.2, 0) is 0 Å². The van der Waals surface area contributed by atoms with Gasteiger partial charge in [-0.2, -0.15) is 0 Å². The predicted molar refractivity (Wildman–Crippen MR) is 128 cm³/mol. The zero-order chi connectivity index (χ0) is 23.4. The van der Waals surface area contributed by atoms with Crippen LogP contribution in [0, 0.1) is 0 Å². The third kappa shape index (κ3) is 2.93. The highest BCUT2D eigenvalue weighted by molar-refractivity contribution is 6.29. The molecule has 4 nitrogen and oxygen atoms in total. The molecule has 0 heterocycles. The number of hydrogen-bond donors (Lipinski definition) is 0. The van der Waals surface area contributed by atoms with Crippen LogP contribution in [-0.4, -0.2) is 23.1 Å². The fourth-order valence-electron chi connectivity index (χ4n) is 4.63. The SMILES string of the molecule is O=C1c2ccccc2C(=O)c2cc(C=Cc3ccc4c(c3)C(=O)c3ccccc3C4=O)ccc21. The number of hydrogen-bond acceptors (Lipinski definition) is 4. The Bertz CT molecular complexity index is 1500. The van der Waals surface area contributed by atoms with Crippen LogP contribution < -0.4 is 0 Å². The summed E-state index contributed by atoms with van der Waals surface area (Å²) in [7, 11) is 0. The van der Waals surface area contributed by atoms with Crippen LogP contribution in [0.4, 0.5) is 0 Å².